The Morgan fingerprint density at radius 2 is 2.15 bits per heavy atom. The van der Waals surface area contributed by atoms with Crippen LogP contribution < -0.4 is 21.1 Å². The second-order valence-electron chi connectivity index (χ2n) is 7.04. The maximum absolute atomic E-state index is 11.0. The van der Waals surface area contributed by atoms with Crippen molar-refractivity contribution in [3.8, 4) is 16.9 Å². The number of benzene rings is 2. The highest BCUT2D eigenvalue weighted by Gasteiger charge is 2.16. The van der Waals surface area contributed by atoms with E-state index in [1.54, 1.807) is 7.11 Å². The predicted octanol–water partition coefficient (Wildman–Crippen LogP) is 2.32. The molecule has 6 heteroatoms. The maximum Gasteiger partial charge on any atom is 0.312 e. The summed E-state index contributed by atoms with van der Waals surface area (Å²) in [4.78, 5) is 13.5. The number of ether oxygens (including phenoxy) is 1. The fourth-order valence-corrected chi connectivity index (χ4v) is 3.53. The number of rotatable bonds is 6. The zero-order chi connectivity index (χ0) is 19.2. The Kier molecular flexibility index (Phi) is 6.32. The average molecular weight is 368 g/mol. The van der Waals surface area contributed by atoms with E-state index >= 15 is 0 Å². The van der Waals surface area contributed by atoms with E-state index in [9.17, 15) is 4.79 Å². The third-order valence-electron chi connectivity index (χ3n) is 4.83. The molecule has 3 rings (SSSR count). The lowest BCUT2D eigenvalue weighted by molar-refractivity contribution is 0.199. The number of nitrogens with one attached hydrogen (secondary N) is 2. The minimum Gasteiger partial charge on any atom is -0.496 e. The van der Waals surface area contributed by atoms with Gasteiger partial charge in [-0.2, -0.15) is 0 Å². The van der Waals surface area contributed by atoms with Crippen molar-refractivity contribution < 1.29 is 9.53 Å². The van der Waals surface area contributed by atoms with Crippen LogP contribution in [-0.2, 0) is 13.1 Å². The van der Waals surface area contributed by atoms with E-state index in [-0.39, 0.29) is 0 Å². The summed E-state index contributed by atoms with van der Waals surface area (Å²) in [5, 5.41) is 6.11. The fraction of sp³-hybridized carbons (Fsp3) is 0.381. The lowest BCUT2D eigenvalue weighted by Crippen LogP contribution is -2.48. The maximum atomic E-state index is 11.0. The molecule has 0 spiro atoms. The first-order valence-electron chi connectivity index (χ1n) is 9.30. The Balaban J connectivity index is 1.82. The SMILES string of the molecule is COc1ccc(CNC(N)=O)cc1-c1cccc(CN2CCN[C@H](C)C2)c1. The molecule has 1 aliphatic rings. The van der Waals surface area contributed by atoms with Gasteiger partial charge in [0.25, 0.3) is 0 Å². The van der Waals surface area contributed by atoms with Gasteiger partial charge in [-0.15, -0.1) is 0 Å². The quantitative estimate of drug-likeness (QED) is 0.731. The molecule has 144 valence electrons. The molecular formula is C21H28N4O2. The Hall–Kier alpha value is -2.57. The number of nitrogens with zero attached hydrogens (tertiary/aromatic N) is 1. The third-order valence-corrected chi connectivity index (χ3v) is 4.83. The molecule has 2 amide bonds. The van der Waals surface area contributed by atoms with Gasteiger partial charge < -0.3 is 21.1 Å². The van der Waals surface area contributed by atoms with Crippen molar-refractivity contribution in [3.63, 3.8) is 0 Å². The number of methoxy groups -OCH3 is 1. The summed E-state index contributed by atoms with van der Waals surface area (Å²) < 4.78 is 5.55. The zero-order valence-corrected chi connectivity index (χ0v) is 16.0. The first-order valence-corrected chi connectivity index (χ1v) is 9.30. The van der Waals surface area contributed by atoms with Crippen LogP contribution in [0.15, 0.2) is 42.5 Å². The van der Waals surface area contributed by atoms with Gasteiger partial charge in [-0.25, -0.2) is 4.79 Å². The highest BCUT2D eigenvalue weighted by atomic mass is 16.5. The molecule has 27 heavy (non-hydrogen) atoms. The molecule has 1 atom stereocenters. The van der Waals surface area contributed by atoms with Crippen LogP contribution >= 0.6 is 0 Å². The summed E-state index contributed by atoms with van der Waals surface area (Å²) >= 11 is 0. The molecule has 2 aromatic rings. The number of piperazine rings is 1. The Bertz CT molecular complexity index is 794. The molecule has 1 heterocycles. The first kappa shape index (κ1) is 19.2. The second-order valence-corrected chi connectivity index (χ2v) is 7.04. The van der Waals surface area contributed by atoms with Crippen LogP contribution in [0.25, 0.3) is 11.1 Å². The first-order chi connectivity index (χ1) is 13.0. The number of urea groups is 1. The number of amides is 2. The topological polar surface area (TPSA) is 79.6 Å². The average Bonchev–Trinajstić information content (AvgIpc) is 2.66. The summed E-state index contributed by atoms with van der Waals surface area (Å²) in [7, 11) is 1.67. The molecular weight excluding hydrogens is 340 g/mol. The molecule has 1 saturated heterocycles. The molecule has 4 N–H and O–H groups in total. The smallest absolute Gasteiger partial charge is 0.312 e. The largest absolute Gasteiger partial charge is 0.496 e. The molecule has 0 aromatic heterocycles. The van der Waals surface area contributed by atoms with Gasteiger partial charge in [0.05, 0.1) is 7.11 Å². The molecule has 0 aliphatic carbocycles. The summed E-state index contributed by atoms with van der Waals surface area (Å²) in [5.74, 6) is 0.811. The third kappa shape index (κ3) is 5.21. The molecule has 0 saturated carbocycles. The fourth-order valence-electron chi connectivity index (χ4n) is 3.53. The van der Waals surface area contributed by atoms with Gasteiger partial charge in [-0.1, -0.05) is 24.3 Å². The number of nitrogens with two attached hydrogens (primary N) is 1. The van der Waals surface area contributed by atoms with E-state index in [1.165, 1.54) is 5.56 Å². The number of primary amides is 1. The van der Waals surface area contributed by atoms with Crippen molar-refractivity contribution in [1.82, 2.24) is 15.5 Å². The van der Waals surface area contributed by atoms with Crippen LogP contribution in [0.3, 0.4) is 0 Å². The normalized spacial score (nSPS) is 17.5. The van der Waals surface area contributed by atoms with E-state index in [4.69, 9.17) is 10.5 Å². The molecule has 0 radical (unpaired) electrons. The van der Waals surface area contributed by atoms with Crippen molar-refractivity contribution in [3.05, 3.63) is 53.6 Å². The number of hydrogen-bond acceptors (Lipinski definition) is 4. The molecule has 0 bridgehead atoms. The van der Waals surface area contributed by atoms with Crippen LogP contribution in [0.4, 0.5) is 4.79 Å². The van der Waals surface area contributed by atoms with Gasteiger partial charge in [-0.3, -0.25) is 4.90 Å². The number of carbonyl (C=O) groups is 1. The molecule has 6 nitrogen and oxygen atoms in total. The van der Waals surface area contributed by atoms with Crippen LogP contribution in [0.1, 0.15) is 18.1 Å². The number of carbonyl (C=O) groups excluding carboxylic acids is 1. The van der Waals surface area contributed by atoms with Crippen LogP contribution in [0.2, 0.25) is 0 Å². The van der Waals surface area contributed by atoms with E-state index in [0.29, 0.717) is 12.6 Å². The highest BCUT2D eigenvalue weighted by molar-refractivity contribution is 5.73. The lowest BCUT2D eigenvalue weighted by Gasteiger charge is -2.31. The lowest BCUT2D eigenvalue weighted by atomic mass is 9.99. The van der Waals surface area contributed by atoms with E-state index < -0.39 is 6.03 Å². The van der Waals surface area contributed by atoms with Gasteiger partial charge in [0, 0.05) is 44.3 Å². The van der Waals surface area contributed by atoms with Gasteiger partial charge in [0.15, 0.2) is 0 Å². The molecule has 1 fully saturated rings. The van der Waals surface area contributed by atoms with Crippen LogP contribution in [-0.4, -0.2) is 43.7 Å². The summed E-state index contributed by atoms with van der Waals surface area (Å²) in [6, 6.07) is 14.5. The van der Waals surface area contributed by atoms with Gasteiger partial charge in [0.2, 0.25) is 0 Å². The van der Waals surface area contributed by atoms with Crippen molar-refractivity contribution in [2.45, 2.75) is 26.1 Å². The number of hydrogen-bond donors (Lipinski definition) is 3. The van der Waals surface area contributed by atoms with E-state index in [1.807, 2.05) is 18.2 Å². The standard InChI is InChI=1S/C21H28N4O2/c1-15-13-25(9-8-23-15)14-17-4-3-5-18(10-17)19-11-16(12-24-21(22)26)6-7-20(19)27-2/h3-7,10-11,15,23H,8-9,12-14H2,1-2H3,(H3,22,24,26)/t15-/m1/s1. The van der Waals surface area contributed by atoms with Crippen molar-refractivity contribution in [1.29, 1.82) is 0 Å². The van der Waals surface area contributed by atoms with Crippen molar-refractivity contribution in [2.24, 2.45) is 5.73 Å². The minimum atomic E-state index is -0.528. The molecule has 0 unspecified atom stereocenters. The molecule has 2 aromatic carbocycles. The summed E-state index contributed by atoms with van der Waals surface area (Å²) in [6.07, 6.45) is 0. The second kappa shape index (κ2) is 8.88. The predicted molar refractivity (Wildman–Crippen MR) is 108 cm³/mol. The van der Waals surface area contributed by atoms with Gasteiger partial charge in [0.1, 0.15) is 5.75 Å². The Morgan fingerprint density at radius 1 is 1.30 bits per heavy atom. The summed E-state index contributed by atoms with van der Waals surface area (Å²) in [5.41, 5.74) is 9.56. The van der Waals surface area contributed by atoms with E-state index in [2.05, 4.69) is 46.7 Å². The van der Waals surface area contributed by atoms with Crippen molar-refractivity contribution >= 4 is 6.03 Å². The molecule has 1 aliphatic heterocycles. The minimum absolute atomic E-state index is 0.394. The van der Waals surface area contributed by atoms with Crippen LogP contribution in [0.5, 0.6) is 5.75 Å². The van der Waals surface area contributed by atoms with Crippen LogP contribution in [0, 0.1) is 0 Å². The Labute approximate surface area is 160 Å². The van der Waals surface area contributed by atoms with Gasteiger partial charge >= 0.3 is 6.03 Å². The van der Waals surface area contributed by atoms with Crippen molar-refractivity contribution in [2.75, 3.05) is 26.7 Å². The van der Waals surface area contributed by atoms with Gasteiger partial charge in [-0.05, 0) is 41.8 Å². The zero-order valence-electron chi connectivity index (χ0n) is 16.0. The summed E-state index contributed by atoms with van der Waals surface area (Å²) in [6.45, 7) is 6.70. The van der Waals surface area contributed by atoms with E-state index in [0.717, 1.165) is 48.6 Å². The Morgan fingerprint density at radius 3 is 2.89 bits per heavy atom. The monoisotopic (exact) mass is 368 g/mol. The highest BCUT2D eigenvalue weighted by Crippen LogP contribution is 2.31.